The fraction of sp³-hybridized carbons (Fsp3) is 0.500. The van der Waals surface area contributed by atoms with Crippen molar-refractivity contribution in [3.8, 4) is 0 Å². The van der Waals surface area contributed by atoms with Gasteiger partial charge in [0.25, 0.3) is 0 Å². The Hall–Kier alpha value is -1.51. The molecule has 2 aliphatic rings. The summed E-state index contributed by atoms with van der Waals surface area (Å²) in [6, 6.07) is 6.14. The second-order valence-electron chi connectivity index (χ2n) is 5.22. The highest BCUT2D eigenvalue weighted by Crippen LogP contribution is 2.39. The Labute approximate surface area is 102 Å². The molecular weight excluding hydrogens is 212 g/mol. The van der Waals surface area contributed by atoms with Crippen LogP contribution < -0.4 is 10.2 Å². The van der Waals surface area contributed by atoms with Gasteiger partial charge in [-0.25, -0.2) is 0 Å². The van der Waals surface area contributed by atoms with E-state index in [0.717, 1.165) is 18.7 Å². The number of anilines is 2. The van der Waals surface area contributed by atoms with Crippen LogP contribution in [0.2, 0.25) is 0 Å². The lowest BCUT2D eigenvalue weighted by Gasteiger charge is -2.45. The summed E-state index contributed by atoms with van der Waals surface area (Å²) >= 11 is 0. The molecule has 17 heavy (non-hydrogen) atoms. The number of fused-ring (bicyclic) bond motifs is 3. The van der Waals surface area contributed by atoms with Gasteiger partial charge in [-0.1, -0.05) is 19.1 Å². The second kappa shape index (κ2) is 3.76. The molecule has 1 fully saturated rings. The first-order valence-corrected chi connectivity index (χ1v) is 6.35. The van der Waals surface area contributed by atoms with Crippen LogP contribution in [0.15, 0.2) is 18.2 Å². The van der Waals surface area contributed by atoms with E-state index in [-0.39, 0.29) is 11.9 Å². The highest BCUT2D eigenvalue weighted by Gasteiger charge is 2.39. The molecule has 3 heteroatoms. The number of benzene rings is 1. The zero-order valence-corrected chi connectivity index (χ0v) is 10.4. The Kier molecular flexibility index (Phi) is 2.35. The Morgan fingerprint density at radius 1 is 1.41 bits per heavy atom. The Morgan fingerprint density at radius 3 is 3.06 bits per heavy atom. The number of carbonyl (C=O) groups excluding carboxylic acids is 1. The largest absolute Gasteiger partial charge is 0.357 e. The van der Waals surface area contributed by atoms with Crippen LogP contribution in [0.5, 0.6) is 0 Å². The van der Waals surface area contributed by atoms with E-state index in [1.165, 1.54) is 17.7 Å². The van der Waals surface area contributed by atoms with E-state index in [2.05, 4.69) is 30.1 Å². The molecule has 0 radical (unpaired) electrons. The minimum atomic E-state index is 0.0253. The molecule has 0 saturated carbocycles. The van der Waals surface area contributed by atoms with Gasteiger partial charge in [0.1, 0.15) is 6.04 Å². The average Bonchev–Trinajstić information content (AvgIpc) is 2.28. The molecule has 1 aromatic rings. The van der Waals surface area contributed by atoms with Gasteiger partial charge < -0.3 is 10.2 Å². The molecule has 0 spiro atoms. The first-order valence-electron chi connectivity index (χ1n) is 6.35. The van der Waals surface area contributed by atoms with Crippen LogP contribution in [0, 0.1) is 12.8 Å². The number of piperidine rings is 1. The lowest BCUT2D eigenvalue weighted by molar-refractivity contribution is -0.119. The number of rotatable bonds is 0. The van der Waals surface area contributed by atoms with E-state index in [1.807, 2.05) is 12.1 Å². The summed E-state index contributed by atoms with van der Waals surface area (Å²) in [7, 11) is 0. The molecule has 2 heterocycles. The third kappa shape index (κ3) is 1.53. The minimum Gasteiger partial charge on any atom is -0.357 e. The highest BCUT2D eigenvalue weighted by atomic mass is 16.2. The molecule has 2 aliphatic heterocycles. The van der Waals surface area contributed by atoms with Gasteiger partial charge >= 0.3 is 0 Å². The van der Waals surface area contributed by atoms with Crippen molar-refractivity contribution in [1.29, 1.82) is 0 Å². The smallest absolute Gasteiger partial charge is 0.247 e. The van der Waals surface area contributed by atoms with Crippen LogP contribution in [0.25, 0.3) is 0 Å². The summed E-state index contributed by atoms with van der Waals surface area (Å²) in [4.78, 5) is 14.5. The maximum absolute atomic E-state index is 12.2. The molecule has 90 valence electrons. The number of hydrogen-bond donors (Lipinski definition) is 1. The normalized spacial score (nSPS) is 27.2. The number of para-hydroxylation sites is 1. The Balaban J connectivity index is 2.12. The second-order valence-corrected chi connectivity index (χ2v) is 5.22. The van der Waals surface area contributed by atoms with Crippen LogP contribution in [-0.2, 0) is 4.79 Å². The van der Waals surface area contributed by atoms with Gasteiger partial charge in [-0.2, -0.15) is 0 Å². The van der Waals surface area contributed by atoms with Crippen molar-refractivity contribution in [2.24, 2.45) is 5.92 Å². The van der Waals surface area contributed by atoms with Gasteiger partial charge in [0.05, 0.1) is 11.4 Å². The number of nitrogens with one attached hydrogen (secondary N) is 1. The van der Waals surface area contributed by atoms with Crippen molar-refractivity contribution >= 4 is 17.3 Å². The van der Waals surface area contributed by atoms with Crippen molar-refractivity contribution < 1.29 is 4.79 Å². The Morgan fingerprint density at radius 2 is 2.24 bits per heavy atom. The number of amides is 1. The first-order chi connectivity index (χ1) is 8.18. The molecule has 0 aromatic heterocycles. The number of nitrogens with zero attached hydrogens (tertiary/aromatic N) is 1. The van der Waals surface area contributed by atoms with Crippen molar-refractivity contribution in [3.05, 3.63) is 23.8 Å². The van der Waals surface area contributed by atoms with Gasteiger partial charge in [0.2, 0.25) is 5.91 Å². The Bertz CT molecular complexity index is 469. The predicted octanol–water partition coefficient (Wildman–Crippen LogP) is 2.55. The van der Waals surface area contributed by atoms with Crippen molar-refractivity contribution in [1.82, 2.24) is 0 Å². The van der Waals surface area contributed by atoms with Gasteiger partial charge in [0.15, 0.2) is 0 Å². The number of carbonyl (C=O) groups is 1. The summed E-state index contributed by atoms with van der Waals surface area (Å²) < 4.78 is 0. The fourth-order valence-corrected chi connectivity index (χ4v) is 3.19. The molecule has 2 atom stereocenters. The third-order valence-corrected chi connectivity index (χ3v) is 3.98. The lowest BCUT2D eigenvalue weighted by atomic mass is 9.87. The molecule has 0 aliphatic carbocycles. The van der Waals surface area contributed by atoms with E-state index < -0.39 is 0 Å². The van der Waals surface area contributed by atoms with Gasteiger partial charge in [-0.15, -0.1) is 0 Å². The summed E-state index contributed by atoms with van der Waals surface area (Å²) in [6.07, 6.45) is 2.33. The summed E-state index contributed by atoms with van der Waals surface area (Å²) in [5, 5.41) is 3.05. The number of hydrogen-bond acceptors (Lipinski definition) is 2. The molecule has 0 bridgehead atoms. The maximum atomic E-state index is 12.2. The summed E-state index contributed by atoms with van der Waals surface area (Å²) in [5.74, 6) is 0.604. The van der Waals surface area contributed by atoms with E-state index in [4.69, 9.17) is 0 Å². The third-order valence-electron chi connectivity index (χ3n) is 3.98. The minimum absolute atomic E-state index is 0.0253. The van der Waals surface area contributed by atoms with E-state index in [9.17, 15) is 4.79 Å². The molecule has 2 unspecified atom stereocenters. The standard InChI is InChI=1S/C14H18N2O/c1-9-5-3-7-11-12(9)16-8-4-6-10(2)13(16)14(17)15-11/h3,5,7,10,13H,4,6,8H2,1-2H3,(H,15,17). The van der Waals surface area contributed by atoms with Crippen LogP contribution >= 0.6 is 0 Å². The van der Waals surface area contributed by atoms with Crippen molar-refractivity contribution in [2.45, 2.75) is 32.7 Å². The van der Waals surface area contributed by atoms with Gasteiger partial charge in [-0.3, -0.25) is 4.79 Å². The SMILES string of the molecule is Cc1cccc2c1N1CCCC(C)C1C(=O)N2. The molecular formula is C14H18N2O. The quantitative estimate of drug-likeness (QED) is 0.743. The van der Waals surface area contributed by atoms with E-state index >= 15 is 0 Å². The van der Waals surface area contributed by atoms with Crippen LogP contribution in [0.4, 0.5) is 11.4 Å². The molecule has 1 aromatic carbocycles. The average molecular weight is 230 g/mol. The topological polar surface area (TPSA) is 32.3 Å². The van der Waals surface area contributed by atoms with Crippen molar-refractivity contribution in [3.63, 3.8) is 0 Å². The molecule has 1 saturated heterocycles. The molecule has 1 amide bonds. The predicted molar refractivity (Wildman–Crippen MR) is 69.3 cm³/mol. The summed E-state index contributed by atoms with van der Waals surface area (Å²) in [6.45, 7) is 5.30. The monoisotopic (exact) mass is 230 g/mol. The zero-order chi connectivity index (χ0) is 12.0. The van der Waals surface area contributed by atoms with E-state index in [0.29, 0.717) is 5.92 Å². The highest BCUT2D eigenvalue weighted by molar-refractivity contribution is 6.04. The van der Waals surface area contributed by atoms with Gasteiger partial charge in [0, 0.05) is 6.54 Å². The van der Waals surface area contributed by atoms with Gasteiger partial charge in [-0.05, 0) is 37.3 Å². The number of aryl methyl sites for hydroxylation is 1. The maximum Gasteiger partial charge on any atom is 0.247 e. The first kappa shape index (κ1) is 10.6. The lowest BCUT2D eigenvalue weighted by Crippen LogP contribution is -2.54. The molecule has 3 nitrogen and oxygen atoms in total. The molecule has 3 rings (SSSR count). The zero-order valence-electron chi connectivity index (χ0n) is 10.4. The fourth-order valence-electron chi connectivity index (χ4n) is 3.19. The van der Waals surface area contributed by atoms with Crippen molar-refractivity contribution in [2.75, 3.05) is 16.8 Å². The summed E-state index contributed by atoms with van der Waals surface area (Å²) in [5.41, 5.74) is 3.45. The van der Waals surface area contributed by atoms with Crippen LogP contribution in [-0.4, -0.2) is 18.5 Å². The van der Waals surface area contributed by atoms with Crippen LogP contribution in [0.3, 0.4) is 0 Å². The van der Waals surface area contributed by atoms with Crippen LogP contribution in [0.1, 0.15) is 25.3 Å². The molecule has 1 N–H and O–H groups in total. The van der Waals surface area contributed by atoms with E-state index in [1.54, 1.807) is 0 Å².